The molecule has 2 saturated heterocycles. The number of benzene rings is 1. The molecule has 1 unspecified atom stereocenters. The Kier molecular flexibility index (Phi) is 6.50. The summed E-state index contributed by atoms with van der Waals surface area (Å²) in [7, 11) is 0. The fourth-order valence-electron chi connectivity index (χ4n) is 3.56. The molecule has 3 rings (SSSR count). The minimum Gasteiger partial charge on any atom is -0.376 e. The van der Waals surface area contributed by atoms with Crippen LogP contribution in [0.1, 0.15) is 55.8 Å². The second-order valence-electron chi connectivity index (χ2n) is 7.03. The summed E-state index contributed by atoms with van der Waals surface area (Å²) in [6.45, 7) is 5.05. The van der Waals surface area contributed by atoms with Gasteiger partial charge in [-0.1, -0.05) is 6.92 Å². The van der Waals surface area contributed by atoms with E-state index in [-0.39, 0.29) is 17.9 Å². The summed E-state index contributed by atoms with van der Waals surface area (Å²) in [5, 5.41) is 5.86. The summed E-state index contributed by atoms with van der Waals surface area (Å²) in [5.74, 6) is -0.157. The first kappa shape index (κ1) is 18.7. The first-order valence-electron chi connectivity index (χ1n) is 9.76. The molecule has 2 N–H and O–H groups in total. The summed E-state index contributed by atoms with van der Waals surface area (Å²) in [4.78, 5) is 26.9. The first-order valence-corrected chi connectivity index (χ1v) is 9.76. The second-order valence-corrected chi connectivity index (χ2v) is 7.03. The van der Waals surface area contributed by atoms with Gasteiger partial charge < -0.3 is 20.3 Å². The van der Waals surface area contributed by atoms with E-state index in [1.165, 1.54) is 6.42 Å². The van der Waals surface area contributed by atoms with Gasteiger partial charge in [0.1, 0.15) is 0 Å². The van der Waals surface area contributed by atoms with Gasteiger partial charge in [0.05, 0.1) is 11.7 Å². The molecule has 1 aromatic carbocycles. The number of nitrogens with zero attached hydrogens (tertiary/aromatic N) is 1. The van der Waals surface area contributed by atoms with Crippen LogP contribution in [-0.2, 0) is 9.53 Å². The topological polar surface area (TPSA) is 70.7 Å². The maximum absolute atomic E-state index is 12.9. The van der Waals surface area contributed by atoms with E-state index in [4.69, 9.17) is 4.74 Å². The SMILES string of the molecule is CCC(=O)Nc1ccc(N2CCCCC2)c(C(=O)NCC2CCCO2)c1. The van der Waals surface area contributed by atoms with E-state index in [1.807, 2.05) is 19.1 Å². The molecule has 1 atom stereocenters. The summed E-state index contributed by atoms with van der Waals surface area (Å²) < 4.78 is 5.59. The quantitative estimate of drug-likeness (QED) is 0.819. The molecule has 0 aromatic heterocycles. The lowest BCUT2D eigenvalue weighted by molar-refractivity contribution is -0.115. The number of anilines is 2. The molecule has 0 radical (unpaired) electrons. The van der Waals surface area contributed by atoms with Gasteiger partial charge in [0.25, 0.3) is 5.91 Å². The number of hydrogen-bond donors (Lipinski definition) is 2. The molecule has 6 nitrogen and oxygen atoms in total. The van der Waals surface area contributed by atoms with Gasteiger partial charge in [-0.15, -0.1) is 0 Å². The zero-order chi connectivity index (χ0) is 18.4. The lowest BCUT2D eigenvalue weighted by atomic mass is 10.1. The first-order chi connectivity index (χ1) is 12.7. The molecule has 142 valence electrons. The number of carbonyl (C=O) groups excluding carboxylic acids is 2. The van der Waals surface area contributed by atoms with Crippen molar-refractivity contribution in [1.29, 1.82) is 0 Å². The average Bonchev–Trinajstić information content (AvgIpc) is 3.20. The molecular weight excluding hydrogens is 330 g/mol. The van der Waals surface area contributed by atoms with Crippen LogP contribution in [0.3, 0.4) is 0 Å². The summed E-state index contributed by atoms with van der Waals surface area (Å²) in [5.41, 5.74) is 2.24. The number of piperidine rings is 1. The third kappa shape index (κ3) is 4.75. The van der Waals surface area contributed by atoms with Crippen molar-refractivity contribution in [3.63, 3.8) is 0 Å². The molecule has 2 heterocycles. The van der Waals surface area contributed by atoms with Crippen LogP contribution in [0.5, 0.6) is 0 Å². The van der Waals surface area contributed by atoms with Crippen LogP contribution in [0.25, 0.3) is 0 Å². The molecule has 2 fully saturated rings. The van der Waals surface area contributed by atoms with Gasteiger partial charge in [0.15, 0.2) is 0 Å². The van der Waals surface area contributed by atoms with Crippen molar-refractivity contribution in [3.05, 3.63) is 23.8 Å². The number of rotatable bonds is 6. The molecule has 0 bridgehead atoms. The standard InChI is InChI=1S/C20H29N3O3/c1-2-19(24)22-15-8-9-18(23-10-4-3-5-11-23)17(13-15)20(25)21-14-16-7-6-12-26-16/h8-9,13,16H,2-7,10-12,14H2,1H3,(H,21,25)(H,22,24). The van der Waals surface area contributed by atoms with Crippen molar-refractivity contribution in [2.45, 2.75) is 51.6 Å². The predicted molar refractivity (Wildman–Crippen MR) is 103 cm³/mol. The Labute approximate surface area is 155 Å². The highest BCUT2D eigenvalue weighted by Crippen LogP contribution is 2.27. The largest absolute Gasteiger partial charge is 0.376 e. The maximum atomic E-state index is 12.9. The van der Waals surface area contributed by atoms with Crippen molar-refractivity contribution < 1.29 is 14.3 Å². The zero-order valence-electron chi connectivity index (χ0n) is 15.6. The van der Waals surface area contributed by atoms with Crippen molar-refractivity contribution in [3.8, 4) is 0 Å². The van der Waals surface area contributed by atoms with Gasteiger partial charge >= 0.3 is 0 Å². The summed E-state index contributed by atoms with van der Waals surface area (Å²) in [6.07, 6.45) is 6.09. The highest BCUT2D eigenvalue weighted by molar-refractivity contribution is 6.02. The third-order valence-electron chi connectivity index (χ3n) is 5.06. The molecular formula is C20H29N3O3. The van der Waals surface area contributed by atoms with Gasteiger partial charge in [0.2, 0.25) is 5.91 Å². The Bertz CT molecular complexity index is 635. The van der Waals surface area contributed by atoms with Crippen molar-refractivity contribution in [2.24, 2.45) is 0 Å². The summed E-state index contributed by atoms with van der Waals surface area (Å²) >= 11 is 0. The van der Waals surface area contributed by atoms with Gasteiger partial charge in [0, 0.05) is 44.0 Å². The Morgan fingerprint density at radius 1 is 1.19 bits per heavy atom. The molecule has 6 heteroatoms. The van der Waals surface area contributed by atoms with Gasteiger partial charge in [-0.05, 0) is 50.3 Å². The van der Waals surface area contributed by atoms with Crippen LogP contribution in [0.2, 0.25) is 0 Å². The van der Waals surface area contributed by atoms with Crippen LogP contribution in [0, 0.1) is 0 Å². The highest BCUT2D eigenvalue weighted by atomic mass is 16.5. The zero-order valence-corrected chi connectivity index (χ0v) is 15.6. The number of ether oxygens (including phenoxy) is 1. The predicted octanol–water partition coefficient (Wildman–Crippen LogP) is 2.93. The van der Waals surface area contributed by atoms with Crippen LogP contribution >= 0.6 is 0 Å². The van der Waals surface area contributed by atoms with Crippen LogP contribution < -0.4 is 15.5 Å². The number of hydrogen-bond acceptors (Lipinski definition) is 4. The number of carbonyl (C=O) groups is 2. The minimum atomic E-state index is -0.103. The van der Waals surface area contributed by atoms with Crippen molar-refractivity contribution in [1.82, 2.24) is 5.32 Å². The van der Waals surface area contributed by atoms with Crippen LogP contribution in [-0.4, -0.2) is 44.2 Å². The van der Waals surface area contributed by atoms with Crippen LogP contribution in [0.15, 0.2) is 18.2 Å². The Hall–Kier alpha value is -2.08. The average molecular weight is 359 g/mol. The molecule has 2 amide bonds. The molecule has 26 heavy (non-hydrogen) atoms. The molecule has 0 spiro atoms. The van der Waals surface area contributed by atoms with E-state index in [0.29, 0.717) is 24.2 Å². The normalized spacial score (nSPS) is 20.0. The lowest BCUT2D eigenvalue weighted by Crippen LogP contribution is -2.35. The van der Waals surface area contributed by atoms with Crippen molar-refractivity contribution >= 4 is 23.2 Å². The fraction of sp³-hybridized carbons (Fsp3) is 0.600. The number of amides is 2. The van der Waals surface area contributed by atoms with Gasteiger partial charge in [-0.2, -0.15) is 0 Å². The third-order valence-corrected chi connectivity index (χ3v) is 5.06. The Morgan fingerprint density at radius 2 is 2.00 bits per heavy atom. The lowest BCUT2D eigenvalue weighted by Gasteiger charge is -2.30. The van der Waals surface area contributed by atoms with E-state index in [0.717, 1.165) is 51.1 Å². The summed E-state index contributed by atoms with van der Waals surface area (Å²) in [6, 6.07) is 5.63. The van der Waals surface area contributed by atoms with Crippen LogP contribution in [0.4, 0.5) is 11.4 Å². The fourth-order valence-corrected chi connectivity index (χ4v) is 3.56. The van der Waals surface area contributed by atoms with E-state index < -0.39 is 0 Å². The Morgan fingerprint density at radius 3 is 2.69 bits per heavy atom. The smallest absolute Gasteiger partial charge is 0.253 e. The van der Waals surface area contributed by atoms with E-state index in [1.54, 1.807) is 6.07 Å². The molecule has 0 saturated carbocycles. The van der Waals surface area contributed by atoms with Crippen molar-refractivity contribution in [2.75, 3.05) is 36.5 Å². The van der Waals surface area contributed by atoms with E-state index >= 15 is 0 Å². The molecule has 2 aliphatic heterocycles. The van der Waals surface area contributed by atoms with E-state index in [9.17, 15) is 9.59 Å². The molecule has 2 aliphatic rings. The monoisotopic (exact) mass is 359 g/mol. The molecule has 0 aliphatic carbocycles. The second kappa shape index (κ2) is 9.03. The maximum Gasteiger partial charge on any atom is 0.253 e. The molecule has 1 aromatic rings. The Balaban J connectivity index is 1.78. The van der Waals surface area contributed by atoms with Gasteiger partial charge in [-0.3, -0.25) is 9.59 Å². The number of nitrogens with one attached hydrogen (secondary N) is 2. The van der Waals surface area contributed by atoms with Gasteiger partial charge in [-0.25, -0.2) is 0 Å². The highest BCUT2D eigenvalue weighted by Gasteiger charge is 2.21. The minimum absolute atomic E-state index is 0.0542. The van der Waals surface area contributed by atoms with E-state index in [2.05, 4.69) is 15.5 Å².